The molecule has 0 unspecified atom stereocenters. The lowest BCUT2D eigenvalue weighted by Gasteiger charge is -2.21. The standard InChI is InChI=1S/C11H16BrN3O2S/c1-15(2)18(16,17)14-11(8-3-4-8)9-5-10(12)7-13-6-9/h5-8,11,14H,3-4H2,1-2H3/t11-/m1/s1. The van der Waals surface area contributed by atoms with Crippen LogP contribution >= 0.6 is 15.9 Å². The highest BCUT2D eigenvalue weighted by Gasteiger charge is 2.35. The Hall–Kier alpha value is -0.500. The number of aromatic nitrogens is 1. The molecule has 0 aliphatic heterocycles. The molecule has 1 heterocycles. The van der Waals surface area contributed by atoms with Crippen LogP contribution in [-0.2, 0) is 10.2 Å². The number of nitrogens with zero attached hydrogens (tertiary/aromatic N) is 2. The Labute approximate surface area is 116 Å². The van der Waals surface area contributed by atoms with Crippen LogP contribution in [0.25, 0.3) is 0 Å². The SMILES string of the molecule is CN(C)S(=O)(=O)N[C@@H](c1cncc(Br)c1)C1CC1. The van der Waals surface area contributed by atoms with E-state index in [0.717, 1.165) is 22.9 Å². The Morgan fingerprint density at radius 3 is 2.61 bits per heavy atom. The zero-order valence-corrected chi connectivity index (χ0v) is 12.7. The summed E-state index contributed by atoms with van der Waals surface area (Å²) in [6.45, 7) is 0. The zero-order chi connectivity index (χ0) is 13.3. The maximum Gasteiger partial charge on any atom is 0.279 e. The quantitative estimate of drug-likeness (QED) is 0.891. The molecule has 100 valence electrons. The first-order chi connectivity index (χ1) is 8.40. The van der Waals surface area contributed by atoms with E-state index >= 15 is 0 Å². The molecule has 1 N–H and O–H groups in total. The third-order valence-corrected chi connectivity index (χ3v) is 4.88. The van der Waals surface area contributed by atoms with Crippen LogP contribution in [0.15, 0.2) is 22.9 Å². The van der Waals surface area contributed by atoms with Crippen molar-refractivity contribution in [1.82, 2.24) is 14.0 Å². The second-order valence-electron chi connectivity index (χ2n) is 4.66. The fraction of sp³-hybridized carbons (Fsp3) is 0.545. The minimum atomic E-state index is -3.42. The molecule has 0 amide bonds. The minimum Gasteiger partial charge on any atom is -0.263 e. The summed E-state index contributed by atoms with van der Waals surface area (Å²) in [7, 11) is -0.385. The van der Waals surface area contributed by atoms with E-state index in [1.165, 1.54) is 18.4 Å². The largest absolute Gasteiger partial charge is 0.279 e. The van der Waals surface area contributed by atoms with E-state index in [0.29, 0.717) is 5.92 Å². The van der Waals surface area contributed by atoms with E-state index < -0.39 is 10.2 Å². The van der Waals surface area contributed by atoms with E-state index in [2.05, 4.69) is 25.6 Å². The molecule has 18 heavy (non-hydrogen) atoms. The van der Waals surface area contributed by atoms with Gasteiger partial charge >= 0.3 is 0 Å². The third kappa shape index (κ3) is 3.28. The van der Waals surface area contributed by atoms with Crippen LogP contribution < -0.4 is 4.72 Å². The van der Waals surface area contributed by atoms with E-state index in [-0.39, 0.29) is 6.04 Å². The van der Waals surface area contributed by atoms with Gasteiger partial charge in [0.05, 0.1) is 6.04 Å². The normalized spacial score (nSPS) is 18.0. The first-order valence-electron chi connectivity index (χ1n) is 5.70. The predicted molar refractivity (Wildman–Crippen MR) is 73.1 cm³/mol. The molecule has 0 saturated heterocycles. The molecule has 0 radical (unpaired) electrons. The molecular formula is C11H16BrN3O2S. The maximum atomic E-state index is 11.9. The monoisotopic (exact) mass is 333 g/mol. The maximum absolute atomic E-state index is 11.9. The molecule has 5 nitrogen and oxygen atoms in total. The Balaban J connectivity index is 2.25. The number of rotatable bonds is 5. The van der Waals surface area contributed by atoms with Gasteiger partial charge in [-0.05, 0) is 46.3 Å². The molecule has 0 bridgehead atoms. The fourth-order valence-corrected chi connectivity index (χ4v) is 2.97. The van der Waals surface area contributed by atoms with E-state index in [1.807, 2.05) is 6.07 Å². The summed E-state index contributed by atoms with van der Waals surface area (Å²) in [6, 6.07) is 1.72. The van der Waals surface area contributed by atoms with E-state index in [1.54, 1.807) is 12.4 Å². The number of hydrogen-bond acceptors (Lipinski definition) is 3. The van der Waals surface area contributed by atoms with Gasteiger partial charge in [0.15, 0.2) is 0 Å². The number of halogens is 1. The molecule has 1 atom stereocenters. The Morgan fingerprint density at radius 2 is 2.11 bits per heavy atom. The third-order valence-electron chi connectivity index (χ3n) is 2.94. The molecule has 1 aromatic rings. The van der Waals surface area contributed by atoms with Gasteiger partial charge in [-0.15, -0.1) is 0 Å². The van der Waals surface area contributed by atoms with Gasteiger partial charge in [0.25, 0.3) is 10.2 Å². The van der Waals surface area contributed by atoms with Gasteiger partial charge in [-0.25, -0.2) is 0 Å². The lowest BCUT2D eigenvalue weighted by molar-refractivity contribution is 0.474. The Morgan fingerprint density at radius 1 is 1.44 bits per heavy atom. The molecular weight excluding hydrogens is 318 g/mol. The molecule has 1 saturated carbocycles. The lowest BCUT2D eigenvalue weighted by atomic mass is 10.1. The van der Waals surface area contributed by atoms with Crippen LogP contribution in [0.3, 0.4) is 0 Å². The Kier molecular flexibility index (Phi) is 4.05. The molecule has 1 fully saturated rings. The Bertz CT molecular complexity index is 529. The molecule has 2 rings (SSSR count). The van der Waals surface area contributed by atoms with Crippen molar-refractivity contribution in [3.05, 3.63) is 28.5 Å². The zero-order valence-electron chi connectivity index (χ0n) is 10.3. The highest BCUT2D eigenvalue weighted by molar-refractivity contribution is 9.10. The predicted octanol–water partition coefficient (Wildman–Crippen LogP) is 1.69. The van der Waals surface area contributed by atoms with Crippen molar-refractivity contribution >= 4 is 26.1 Å². The van der Waals surface area contributed by atoms with Gasteiger partial charge in [-0.2, -0.15) is 17.4 Å². The van der Waals surface area contributed by atoms with Gasteiger partial charge in [-0.3, -0.25) is 4.98 Å². The van der Waals surface area contributed by atoms with E-state index in [9.17, 15) is 8.42 Å². The average Bonchev–Trinajstić information content (AvgIpc) is 3.09. The highest BCUT2D eigenvalue weighted by Crippen LogP contribution is 2.41. The van der Waals surface area contributed by atoms with Crippen molar-refractivity contribution in [1.29, 1.82) is 0 Å². The number of hydrogen-bond donors (Lipinski definition) is 1. The molecule has 0 aromatic carbocycles. The van der Waals surface area contributed by atoms with Crippen LogP contribution in [0.4, 0.5) is 0 Å². The number of pyridine rings is 1. The van der Waals surface area contributed by atoms with Gasteiger partial charge in [0.1, 0.15) is 0 Å². The van der Waals surface area contributed by atoms with Gasteiger partial charge in [0.2, 0.25) is 0 Å². The van der Waals surface area contributed by atoms with Crippen molar-refractivity contribution in [2.24, 2.45) is 5.92 Å². The van der Waals surface area contributed by atoms with Crippen LogP contribution in [0.5, 0.6) is 0 Å². The molecule has 1 aliphatic carbocycles. The summed E-state index contributed by atoms with van der Waals surface area (Å²) in [5.74, 6) is 0.371. The van der Waals surface area contributed by atoms with Crippen molar-refractivity contribution in [3.63, 3.8) is 0 Å². The molecule has 7 heteroatoms. The minimum absolute atomic E-state index is 0.192. The van der Waals surface area contributed by atoms with Crippen LogP contribution in [0, 0.1) is 5.92 Å². The van der Waals surface area contributed by atoms with Crippen LogP contribution in [0.1, 0.15) is 24.4 Å². The molecule has 1 aromatic heterocycles. The lowest BCUT2D eigenvalue weighted by Crippen LogP contribution is -2.38. The van der Waals surface area contributed by atoms with Gasteiger partial charge in [-0.1, -0.05) is 0 Å². The second-order valence-corrected chi connectivity index (χ2v) is 7.49. The van der Waals surface area contributed by atoms with Crippen molar-refractivity contribution < 1.29 is 8.42 Å². The number of nitrogens with one attached hydrogen (secondary N) is 1. The fourth-order valence-electron chi connectivity index (χ4n) is 1.73. The molecule has 1 aliphatic rings. The van der Waals surface area contributed by atoms with Gasteiger partial charge in [0, 0.05) is 31.0 Å². The second kappa shape index (κ2) is 5.24. The van der Waals surface area contributed by atoms with Crippen LogP contribution in [0.2, 0.25) is 0 Å². The topological polar surface area (TPSA) is 62.3 Å². The smallest absolute Gasteiger partial charge is 0.263 e. The summed E-state index contributed by atoms with van der Waals surface area (Å²) in [4.78, 5) is 4.09. The molecule has 0 spiro atoms. The summed E-state index contributed by atoms with van der Waals surface area (Å²) in [5, 5.41) is 0. The highest BCUT2D eigenvalue weighted by atomic mass is 79.9. The summed E-state index contributed by atoms with van der Waals surface area (Å²) in [5.41, 5.74) is 0.900. The first-order valence-corrected chi connectivity index (χ1v) is 7.93. The van der Waals surface area contributed by atoms with Gasteiger partial charge < -0.3 is 0 Å². The van der Waals surface area contributed by atoms with Crippen molar-refractivity contribution in [3.8, 4) is 0 Å². The summed E-state index contributed by atoms with van der Waals surface area (Å²) < 4.78 is 28.6. The average molecular weight is 334 g/mol. The summed E-state index contributed by atoms with van der Waals surface area (Å²) >= 11 is 3.36. The van der Waals surface area contributed by atoms with Crippen molar-refractivity contribution in [2.75, 3.05) is 14.1 Å². The van der Waals surface area contributed by atoms with E-state index in [4.69, 9.17) is 0 Å². The van der Waals surface area contributed by atoms with Crippen LogP contribution in [-0.4, -0.2) is 31.8 Å². The first kappa shape index (κ1) is 13.9. The van der Waals surface area contributed by atoms with Crippen molar-refractivity contribution in [2.45, 2.75) is 18.9 Å². The summed E-state index contributed by atoms with van der Waals surface area (Å²) in [6.07, 6.45) is 5.50.